The van der Waals surface area contributed by atoms with Crippen LogP contribution in [0.15, 0.2) is 82.8 Å². The molecule has 1 saturated carbocycles. The van der Waals surface area contributed by atoms with Crippen molar-refractivity contribution >= 4 is 12.4 Å². The normalized spacial score (nSPS) is 25.9. The van der Waals surface area contributed by atoms with Crippen LogP contribution in [0.1, 0.15) is 62.8 Å². The Kier molecular flexibility index (Phi) is 6.33. The van der Waals surface area contributed by atoms with Gasteiger partial charge in [0.25, 0.3) is 0 Å². The summed E-state index contributed by atoms with van der Waals surface area (Å²) in [7, 11) is 0. The highest BCUT2D eigenvalue weighted by Gasteiger charge is 2.54. The van der Waals surface area contributed by atoms with Gasteiger partial charge in [-0.3, -0.25) is 4.99 Å². The molecule has 1 aliphatic carbocycles. The molecule has 3 aromatic rings. The lowest BCUT2D eigenvalue weighted by Crippen LogP contribution is -2.52. The fourth-order valence-electron chi connectivity index (χ4n) is 5.59. The van der Waals surface area contributed by atoms with E-state index in [-0.39, 0.29) is 28.9 Å². The van der Waals surface area contributed by atoms with Crippen molar-refractivity contribution < 1.29 is 14.9 Å². The minimum Gasteiger partial charge on any atom is -0.507 e. The third-order valence-electron chi connectivity index (χ3n) is 7.77. The highest BCUT2D eigenvalue weighted by atomic mass is 16.5. The van der Waals surface area contributed by atoms with Crippen molar-refractivity contribution in [2.75, 3.05) is 0 Å². The van der Waals surface area contributed by atoms with E-state index in [4.69, 9.17) is 14.7 Å². The average Bonchev–Trinajstić information content (AvgIpc) is 2.86. The van der Waals surface area contributed by atoms with Crippen LogP contribution >= 0.6 is 0 Å². The zero-order valence-corrected chi connectivity index (χ0v) is 21.1. The van der Waals surface area contributed by atoms with Crippen molar-refractivity contribution in [3.8, 4) is 17.2 Å². The Hall–Kier alpha value is -3.60. The lowest BCUT2D eigenvalue weighted by molar-refractivity contribution is -0.0717. The molecule has 186 valence electrons. The van der Waals surface area contributed by atoms with Gasteiger partial charge in [-0.2, -0.15) is 0 Å². The molecule has 2 aliphatic rings. The first kappa shape index (κ1) is 24.1. The molecule has 0 radical (unpaired) electrons. The maximum absolute atomic E-state index is 10.3. The highest BCUT2D eigenvalue weighted by molar-refractivity contribution is 5.84. The number of phenols is 2. The summed E-state index contributed by atoms with van der Waals surface area (Å²) in [4.78, 5) is 10.2. The second-order valence-electron chi connectivity index (χ2n) is 11.0. The highest BCUT2D eigenvalue weighted by Crippen LogP contribution is 2.56. The maximum Gasteiger partial charge on any atom is 0.205 e. The van der Waals surface area contributed by atoms with Crippen LogP contribution in [0.25, 0.3) is 0 Å². The number of aromatic hydroxyl groups is 2. The minimum absolute atomic E-state index is 0.00501. The molecule has 36 heavy (non-hydrogen) atoms. The lowest BCUT2D eigenvalue weighted by Gasteiger charge is -2.51. The summed E-state index contributed by atoms with van der Waals surface area (Å²) in [5.74, 6) is 1.68. The van der Waals surface area contributed by atoms with Gasteiger partial charge in [0.05, 0.1) is 6.04 Å². The van der Waals surface area contributed by atoms with E-state index in [1.165, 1.54) is 0 Å². The standard InChI is InChI=1S/C31H34N2O3/c1-30(2,3)23-16-17-31(33-20-22-11-5-8-14-27(22)35)25(18-23)29(24-12-6-9-15-28(24)36-31)32-19-21-10-4-7-13-26(21)34/h4-15,19-20,23,25,29,34-35H,16-18H2,1-3H3/b32-19?,33-20+/t23-,25-,29+,31-/m0/s1. The Morgan fingerprint density at radius 1 is 0.861 bits per heavy atom. The molecule has 0 unspecified atom stereocenters. The van der Waals surface area contributed by atoms with Crippen molar-refractivity contribution in [3.05, 3.63) is 89.5 Å². The summed E-state index contributed by atoms with van der Waals surface area (Å²) >= 11 is 0. The number of benzene rings is 3. The monoisotopic (exact) mass is 482 g/mol. The van der Waals surface area contributed by atoms with E-state index in [2.05, 4.69) is 26.8 Å². The average molecular weight is 483 g/mol. The Morgan fingerprint density at radius 2 is 1.47 bits per heavy atom. The number of phenolic OH excluding ortho intramolecular Hbond substituents is 2. The molecule has 4 atom stereocenters. The van der Waals surface area contributed by atoms with Crippen molar-refractivity contribution in [3.63, 3.8) is 0 Å². The summed E-state index contributed by atoms with van der Waals surface area (Å²) in [6, 6.07) is 22.4. The number of hydrogen-bond acceptors (Lipinski definition) is 5. The van der Waals surface area contributed by atoms with Crippen molar-refractivity contribution in [1.29, 1.82) is 0 Å². The molecule has 5 nitrogen and oxygen atoms in total. The molecule has 5 heteroatoms. The molecule has 1 fully saturated rings. The number of para-hydroxylation sites is 3. The third-order valence-corrected chi connectivity index (χ3v) is 7.77. The molecule has 0 amide bonds. The van der Waals surface area contributed by atoms with Gasteiger partial charge >= 0.3 is 0 Å². The van der Waals surface area contributed by atoms with Gasteiger partial charge in [0, 0.05) is 41.5 Å². The molecule has 2 N–H and O–H groups in total. The SMILES string of the molecule is CC(C)(C)[C@H]1CC[C@]2(/N=C/c3ccccc3O)Oc3ccccc3[C@@H](N=Cc3ccccc3O)[C@@H]2C1. The first-order valence-electron chi connectivity index (χ1n) is 12.7. The summed E-state index contributed by atoms with van der Waals surface area (Å²) in [6.07, 6.45) is 6.20. The second kappa shape index (κ2) is 9.45. The summed E-state index contributed by atoms with van der Waals surface area (Å²) in [5.41, 5.74) is 1.75. The van der Waals surface area contributed by atoms with Gasteiger partial charge in [-0.25, -0.2) is 4.99 Å². The summed E-state index contributed by atoms with van der Waals surface area (Å²) < 4.78 is 6.75. The number of hydrogen-bond donors (Lipinski definition) is 2. The van der Waals surface area contributed by atoms with Crippen molar-refractivity contribution in [1.82, 2.24) is 0 Å². The molecule has 0 bridgehead atoms. The van der Waals surface area contributed by atoms with Gasteiger partial charge in [-0.1, -0.05) is 63.2 Å². The van der Waals surface area contributed by atoms with E-state index < -0.39 is 5.72 Å². The van der Waals surface area contributed by atoms with Crippen LogP contribution in [-0.4, -0.2) is 28.4 Å². The van der Waals surface area contributed by atoms with Gasteiger partial charge in [0.15, 0.2) is 0 Å². The van der Waals surface area contributed by atoms with E-state index in [0.717, 1.165) is 30.6 Å². The van der Waals surface area contributed by atoms with Crippen LogP contribution in [0.4, 0.5) is 0 Å². The van der Waals surface area contributed by atoms with Crippen molar-refractivity contribution in [2.24, 2.45) is 27.2 Å². The van der Waals surface area contributed by atoms with Gasteiger partial charge in [0.2, 0.25) is 5.72 Å². The number of rotatable bonds is 4. The van der Waals surface area contributed by atoms with E-state index >= 15 is 0 Å². The second-order valence-corrected chi connectivity index (χ2v) is 11.0. The largest absolute Gasteiger partial charge is 0.507 e. The Morgan fingerprint density at radius 3 is 2.14 bits per heavy atom. The summed E-state index contributed by atoms with van der Waals surface area (Å²) in [6.45, 7) is 6.90. The van der Waals surface area contributed by atoms with Gasteiger partial charge in [-0.05, 0) is 54.5 Å². The molecule has 5 rings (SSSR count). The van der Waals surface area contributed by atoms with Gasteiger partial charge in [0.1, 0.15) is 17.2 Å². The van der Waals surface area contributed by atoms with E-state index in [1.807, 2.05) is 48.5 Å². The lowest BCUT2D eigenvalue weighted by atomic mass is 9.63. The summed E-state index contributed by atoms with van der Waals surface area (Å²) in [5, 5.41) is 20.7. The zero-order chi connectivity index (χ0) is 25.3. The topological polar surface area (TPSA) is 74.4 Å². The predicted molar refractivity (Wildman–Crippen MR) is 144 cm³/mol. The van der Waals surface area contributed by atoms with E-state index in [0.29, 0.717) is 17.0 Å². The minimum atomic E-state index is -0.793. The molecule has 0 spiro atoms. The van der Waals surface area contributed by atoms with E-state index in [9.17, 15) is 10.2 Å². The van der Waals surface area contributed by atoms with Crippen LogP contribution in [0, 0.1) is 17.3 Å². The Labute approximate surface area is 213 Å². The molecule has 0 saturated heterocycles. The fourth-order valence-corrected chi connectivity index (χ4v) is 5.59. The number of aliphatic imine (C=N–C) groups is 2. The molecule has 1 heterocycles. The quantitative estimate of drug-likeness (QED) is 0.396. The zero-order valence-electron chi connectivity index (χ0n) is 21.1. The predicted octanol–water partition coefficient (Wildman–Crippen LogP) is 6.93. The Bertz CT molecular complexity index is 1290. The van der Waals surface area contributed by atoms with Crippen LogP contribution < -0.4 is 4.74 Å². The third kappa shape index (κ3) is 4.62. The molecular weight excluding hydrogens is 448 g/mol. The Balaban J connectivity index is 1.62. The van der Waals surface area contributed by atoms with Crippen LogP contribution in [0.2, 0.25) is 0 Å². The number of ether oxygens (including phenoxy) is 1. The maximum atomic E-state index is 10.3. The number of fused-ring (bicyclic) bond motifs is 2. The molecule has 1 aliphatic heterocycles. The first-order chi connectivity index (χ1) is 17.3. The van der Waals surface area contributed by atoms with Crippen molar-refractivity contribution in [2.45, 2.75) is 51.8 Å². The van der Waals surface area contributed by atoms with E-state index in [1.54, 1.807) is 30.6 Å². The first-order valence-corrected chi connectivity index (χ1v) is 12.7. The smallest absolute Gasteiger partial charge is 0.205 e. The fraction of sp³-hybridized carbons (Fsp3) is 0.355. The van der Waals surface area contributed by atoms with Gasteiger partial charge in [-0.15, -0.1) is 0 Å². The number of nitrogens with zero attached hydrogens (tertiary/aromatic N) is 2. The van der Waals surface area contributed by atoms with Gasteiger partial charge < -0.3 is 14.9 Å². The molecule has 3 aromatic carbocycles. The van der Waals surface area contributed by atoms with Crippen LogP contribution in [-0.2, 0) is 0 Å². The molecular formula is C31H34N2O3. The van der Waals surface area contributed by atoms with Crippen LogP contribution in [0.5, 0.6) is 17.2 Å². The van der Waals surface area contributed by atoms with Crippen LogP contribution in [0.3, 0.4) is 0 Å². The molecule has 0 aromatic heterocycles.